The van der Waals surface area contributed by atoms with Gasteiger partial charge in [0, 0.05) is 0 Å². The number of benzene rings is 1. The van der Waals surface area contributed by atoms with Crippen molar-refractivity contribution >= 4 is 22.5 Å². The summed E-state index contributed by atoms with van der Waals surface area (Å²) in [6.07, 6.45) is 2.88. The van der Waals surface area contributed by atoms with Gasteiger partial charge in [-0.25, -0.2) is 0 Å². The molecule has 0 heterocycles. The van der Waals surface area contributed by atoms with Gasteiger partial charge in [-0.15, -0.1) is 0 Å². The topological polar surface area (TPSA) is 56.9 Å². The number of allylic oxidation sites excluding steroid dienone is 2. The number of rotatable bonds is 4. The van der Waals surface area contributed by atoms with Crippen LogP contribution in [0.2, 0.25) is 0 Å². The van der Waals surface area contributed by atoms with Crippen LogP contribution in [0.15, 0.2) is 30.4 Å². The Morgan fingerprint density at radius 2 is 2.00 bits per heavy atom. The molecule has 1 aromatic carbocycles. The van der Waals surface area contributed by atoms with E-state index in [1.165, 1.54) is 12.2 Å². The smallest absolute Gasteiger partial charge is 0.121 e. The average molecular weight is 237 g/mol. The molecule has 1 rings (SSSR count). The fourth-order valence-corrected chi connectivity index (χ4v) is 1.36. The minimum atomic E-state index is -0.0880. The molecule has 2 N–H and O–H groups in total. The molecule has 16 heavy (non-hydrogen) atoms. The van der Waals surface area contributed by atoms with Crippen LogP contribution in [0.4, 0.5) is 0 Å². The quantitative estimate of drug-likeness (QED) is 0.776. The summed E-state index contributed by atoms with van der Waals surface area (Å²) in [5, 5.41) is 14.7. The Labute approximate surface area is 99.7 Å². The van der Waals surface area contributed by atoms with E-state index in [1.54, 1.807) is 13.2 Å². The molecule has 0 radical (unpaired) electrons. The summed E-state index contributed by atoms with van der Waals surface area (Å²) in [6.45, 7) is 1.92. The van der Waals surface area contributed by atoms with Crippen LogP contribution in [-0.4, -0.2) is 18.0 Å². The number of nitrogens with one attached hydrogen (secondary N) is 2. The second kappa shape index (κ2) is 5.47. The minimum absolute atomic E-state index is 0.0880. The van der Waals surface area contributed by atoms with Crippen molar-refractivity contribution in [1.82, 2.24) is 0 Å². The normalized spacial score (nSPS) is 10.4. The van der Waals surface area contributed by atoms with Gasteiger partial charge in [0.2, 0.25) is 0 Å². The molecule has 0 unspecified atom stereocenters. The van der Waals surface area contributed by atoms with E-state index >= 15 is 0 Å². The monoisotopic (exact) mass is 236 g/mol. The molecule has 0 saturated heterocycles. The van der Waals surface area contributed by atoms with Crippen molar-refractivity contribution in [2.75, 3.05) is 7.11 Å². The first-order chi connectivity index (χ1) is 7.54. The molecule has 0 fully saturated rings. The van der Waals surface area contributed by atoms with Gasteiger partial charge in [-0.05, 0) is 48.4 Å². The van der Waals surface area contributed by atoms with E-state index in [4.69, 9.17) is 27.2 Å². The van der Waals surface area contributed by atoms with E-state index in [9.17, 15) is 0 Å². The van der Waals surface area contributed by atoms with Gasteiger partial charge >= 0.3 is 0 Å². The van der Waals surface area contributed by atoms with Crippen LogP contribution >= 0.6 is 11.6 Å². The van der Waals surface area contributed by atoms with Gasteiger partial charge in [-0.2, -0.15) is 0 Å². The molecule has 0 aliphatic heterocycles. The molecule has 0 aromatic heterocycles. The Morgan fingerprint density at radius 3 is 2.50 bits per heavy atom. The fourth-order valence-electron chi connectivity index (χ4n) is 1.30. The molecular weight excluding hydrogens is 224 g/mol. The molecule has 1 aromatic rings. The van der Waals surface area contributed by atoms with Crippen LogP contribution in [0, 0.1) is 17.7 Å². The summed E-state index contributed by atoms with van der Waals surface area (Å²) in [6, 6.07) is 5.48. The fraction of sp³-hybridized carbons (Fsp3) is 0.167. The zero-order valence-corrected chi connectivity index (χ0v) is 9.93. The molecule has 4 heteroatoms. The van der Waals surface area contributed by atoms with E-state index < -0.39 is 0 Å². The van der Waals surface area contributed by atoms with Crippen molar-refractivity contribution in [3.05, 3.63) is 41.5 Å². The third-order valence-corrected chi connectivity index (χ3v) is 2.23. The molecular formula is C12H13ClN2O. The van der Waals surface area contributed by atoms with E-state index in [1.807, 2.05) is 19.1 Å². The molecule has 84 valence electrons. The lowest BCUT2D eigenvalue weighted by Crippen LogP contribution is -1.97. The summed E-state index contributed by atoms with van der Waals surface area (Å²) in [4.78, 5) is 0. The van der Waals surface area contributed by atoms with Crippen LogP contribution in [-0.2, 0) is 0 Å². The van der Waals surface area contributed by atoms with Crippen LogP contribution in [0.3, 0.4) is 0 Å². The lowest BCUT2D eigenvalue weighted by atomic mass is 10.1. The van der Waals surface area contributed by atoms with Gasteiger partial charge in [0.15, 0.2) is 0 Å². The summed E-state index contributed by atoms with van der Waals surface area (Å²) in [5.74, 6) is 0.797. The maximum Gasteiger partial charge on any atom is 0.121 e. The van der Waals surface area contributed by atoms with Gasteiger partial charge in [-0.1, -0.05) is 11.6 Å². The molecule has 0 bridgehead atoms. The Balaban J connectivity index is 2.93. The third-order valence-electron chi connectivity index (χ3n) is 2.10. The second-order valence-corrected chi connectivity index (χ2v) is 3.69. The minimum Gasteiger partial charge on any atom is -0.496 e. The molecule has 0 aliphatic rings. The standard InChI is InChI=1S/C12H13ClN2O/c1-8-7-9(3-5-11(8)16-2)10(14)4-6-12(13)15/h3-7,14-15H,1-2H3/b6-4-,14-10?,15-12?. The Morgan fingerprint density at radius 1 is 1.31 bits per heavy atom. The largest absolute Gasteiger partial charge is 0.496 e. The molecule has 0 saturated carbocycles. The van der Waals surface area contributed by atoms with Gasteiger partial charge in [-0.3, -0.25) is 5.41 Å². The highest BCUT2D eigenvalue weighted by atomic mass is 35.5. The third kappa shape index (κ3) is 3.21. The SMILES string of the molecule is COc1ccc(C(=N)/C=C\C(=N)Cl)cc1C. The molecule has 0 spiro atoms. The highest BCUT2D eigenvalue weighted by molar-refractivity contribution is 6.67. The zero-order chi connectivity index (χ0) is 12.1. The Hall–Kier alpha value is -1.61. The van der Waals surface area contributed by atoms with Crippen molar-refractivity contribution in [2.45, 2.75) is 6.92 Å². The lowest BCUT2D eigenvalue weighted by molar-refractivity contribution is 0.411. The van der Waals surface area contributed by atoms with Gasteiger partial charge in [0.25, 0.3) is 0 Å². The second-order valence-electron chi connectivity index (χ2n) is 3.28. The maximum absolute atomic E-state index is 7.76. The van der Waals surface area contributed by atoms with Gasteiger partial charge < -0.3 is 10.1 Å². The van der Waals surface area contributed by atoms with Crippen LogP contribution in [0.25, 0.3) is 0 Å². The summed E-state index contributed by atoms with van der Waals surface area (Å²) in [5.41, 5.74) is 2.06. The van der Waals surface area contributed by atoms with E-state index in [0.29, 0.717) is 5.71 Å². The number of hydrogen-bond acceptors (Lipinski definition) is 3. The number of hydrogen-bond donors (Lipinski definition) is 2. The molecule has 3 nitrogen and oxygen atoms in total. The Bertz CT molecular complexity index is 452. The summed E-state index contributed by atoms with van der Waals surface area (Å²) < 4.78 is 5.13. The van der Waals surface area contributed by atoms with Crippen molar-refractivity contribution in [1.29, 1.82) is 10.8 Å². The lowest BCUT2D eigenvalue weighted by Gasteiger charge is -2.06. The van der Waals surface area contributed by atoms with Crippen molar-refractivity contribution in [3.63, 3.8) is 0 Å². The molecule has 0 amide bonds. The van der Waals surface area contributed by atoms with Gasteiger partial charge in [0.1, 0.15) is 10.9 Å². The highest BCUT2D eigenvalue weighted by Gasteiger charge is 2.02. The van der Waals surface area contributed by atoms with E-state index in [0.717, 1.165) is 16.9 Å². The van der Waals surface area contributed by atoms with Gasteiger partial charge in [0.05, 0.1) is 12.8 Å². The van der Waals surface area contributed by atoms with Crippen molar-refractivity contribution < 1.29 is 4.74 Å². The number of aryl methyl sites for hydroxylation is 1. The number of ether oxygens (including phenoxy) is 1. The highest BCUT2D eigenvalue weighted by Crippen LogP contribution is 2.18. The van der Waals surface area contributed by atoms with Crippen molar-refractivity contribution in [2.24, 2.45) is 0 Å². The van der Waals surface area contributed by atoms with Crippen molar-refractivity contribution in [3.8, 4) is 5.75 Å². The number of halogens is 1. The first-order valence-electron chi connectivity index (χ1n) is 4.70. The summed E-state index contributed by atoms with van der Waals surface area (Å²) in [7, 11) is 1.61. The maximum atomic E-state index is 7.76. The Kier molecular flexibility index (Phi) is 4.26. The summed E-state index contributed by atoms with van der Waals surface area (Å²) >= 11 is 5.37. The predicted molar refractivity (Wildman–Crippen MR) is 67.3 cm³/mol. The number of methoxy groups -OCH3 is 1. The average Bonchev–Trinajstić information content (AvgIpc) is 2.25. The predicted octanol–water partition coefficient (Wildman–Crippen LogP) is 3.14. The first-order valence-corrected chi connectivity index (χ1v) is 5.08. The first kappa shape index (κ1) is 12.5. The van der Waals surface area contributed by atoms with Crippen LogP contribution in [0.1, 0.15) is 11.1 Å². The zero-order valence-electron chi connectivity index (χ0n) is 9.17. The molecule has 0 atom stereocenters. The molecule has 0 aliphatic carbocycles. The van der Waals surface area contributed by atoms with Crippen LogP contribution < -0.4 is 4.74 Å². The van der Waals surface area contributed by atoms with Crippen LogP contribution in [0.5, 0.6) is 5.75 Å². The van der Waals surface area contributed by atoms with E-state index in [-0.39, 0.29) is 5.17 Å². The van der Waals surface area contributed by atoms with E-state index in [2.05, 4.69) is 0 Å².